The molecular formula is C22H27BrFN3O. The highest BCUT2D eigenvalue weighted by atomic mass is 79.9. The van der Waals surface area contributed by atoms with E-state index in [1.165, 1.54) is 23.8 Å². The molecule has 0 radical (unpaired) electrons. The molecule has 0 aromatic heterocycles. The molecule has 0 saturated carbocycles. The first kappa shape index (κ1) is 21.0. The fourth-order valence-electron chi connectivity index (χ4n) is 3.44. The molecule has 0 spiro atoms. The van der Waals surface area contributed by atoms with E-state index in [1.807, 2.05) is 0 Å². The number of hydrogen-bond donors (Lipinski definition) is 1. The number of benzene rings is 2. The van der Waals surface area contributed by atoms with Gasteiger partial charge in [-0.25, -0.2) is 4.39 Å². The number of amides is 1. The van der Waals surface area contributed by atoms with Gasteiger partial charge in [-0.15, -0.1) is 0 Å². The lowest BCUT2D eigenvalue weighted by Crippen LogP contribution is -2.46. The van der Waals surface area contributed by atoms with E-state index in [-0.39, 0.29) is 11.7 Å². The third-order valence-corrected chi connectivity index (χ3v) is 5.73. The maximum Gasteiger partial charge on any atom is 0.252 e. The average Bonchev–Trinajstić information content (AvgIpc) is 2.69. The maximum absolute atomic E-state index is 13.1. The van der Waals surface area contributed by atoms with E-state index in [0.29, 0.717) is 16.6 Å². The van der Waals surface area contributed by atoms with Crippen molar-refractivity contribution >= 4 is 21.8 Å². The Balaban J connectivity index is 1.28. The van der Waals surface area contributed by atoms with Crippen LogP contribution in [0.2, 0.25) is 0 Å². The zero-order valence-corrected chi connectivity index (χ0v) is 17.6. The fraction of sp³-hybridized carbons (Fsp3) is 0.409. The van der Waals surface area contributed by atoms with Crippen LogP contribution in [0.15, 0.2) is 53.0 Å². The van der Waals surface area contributed by atoms with Gasteiger partial charge in [0, 0.05) is 43.7 Å². The first-order chi connectivity index (χ1) is 13.6. The summed E-state index contributed by atoms with van der Waals surface area (Å²) < 4.78 is 13.6. The minimum Gasteiger partial charge on any atom is -0.352 e. The normalized spacial score (nSPS) is 15.5. The van der Waals surface area contributed by atoms with Crippen molar-refractivity contribution in [3.63, 3.8) is 0 Å². The number of nitrogens with one attached hydrogen (secondary N) is 1. The predicted octanol–water partition coefficient (Wildman–Crippen LogP) is 3.92. The number of rotatable bonds is 8. The Labute approximate surface area is 174 Å². The van der Waals surface area contributed by atoms with Crippen molar-refractivity contribution in [1.82, 2.24) is 15.1 Å². The van der Waals surface area contributed by atoms with Crippen LogP contribution in [0.3, 0.4) is 0 Å². The largest absolute Gasteiger partial charge is 0.352 e. The molecule has 1 aliphatic rings. The van der Waals surface area contributed by atoms with Gasteiger partial charge in [-0.2, -0.15) is 0 Å². The molecule has 3 rings (SSSR count). The molecule has 1 N–H and O–H groups in total. The van der Waals surface area contributed by atoms with Crippen molar-refractivity contribution in [2.75, 3.05) is 39.3 Å². The molecule has 1 saturated heterocycles. The van der Waals surface area contributed by atoms with Crippen LogP contribution in [-0.4, -0.2) is 55.0 Å². The highest BCUT2D eigenvalue weighted by molar-refractivity contribution is 9.10. The Morgan fingerprint density at radius 3 is 2.43 bits per heavy atom. The second-order valence-electron chi connectivity index (χ2n) is 7.19. The van der Waals surface area contributed by atoms with Crippen molar-refractivity contribution in [2.45, 2.75) is 19.4 Å². The van der Waals surface area contributed by atoms with E-state index in [4.69, 9.17) is 0 Å². The molecule has 2 aromatic rings. The van der Waals surface area contributed by atoms with E-state index in [9.17, 15) is 9.18 Å². The number of hydrogen-bond acceptors (Lipinski definition) is 3. The summed E-state index contributed by atoms with van der Waals surface area (Å²) in [6, 6.07) is 14.7. The van der Waals surface area contributed by atoms with E-state index in [0.717, 1.165) is 52.1 Å². The van der Waals surface area contributed by atoms with Gasteiger partial charge in [0.25, 0.3) is 5.91 Å². The van der Waals surface area contributed by atoms with Crippen molar-refractivity contribution < 1.29 is 9.18 Å². The summed E-state index contributed by atoms with van der Waals surface area (Å²) in [5.41, 5.74) is 1.84. The summed E-state index contributed by atoms with van der Waals surface area (Å²) in [6.45, 7) is 7.13. The zero-order valence-electron chi connectivity index (χ0n) is 16.0. The molecule has 0 unspecified atom stereocenters. The first-order valence-electron chi connectivity index (χ1n) is 9.84. The smallest absolute Gasteiger partial charge is 0.252 e. The zero-order chi connectivity index (χ0) is 19.8. The van der Waals surface area contributed by atoms with Crippen LogP contribution in [-0.2, 0) is 6.54 Å². The van der Waals surface area contributed by atoms with Gasteiger partial charge in [0.1, 0.15) is 5.82 Å². The Kier molecular flexibility index (Phi) is 8.01. The van der Waals surface area contributed by atoms with Gasteiger partial charge in [0.15, 0.2) is 0 Å². The van der Waals surface area contributed by atoms with Crippen LogP contribution in [0.4, 0.5) is 4.39 Å². The van der Waals surface area contributed by atoms with Gasteiger partial charge in [0.05, 0.1) is 5.56 Å². The van der Waals surface area contributed by atoms with Gasteiger partial charge in [-0.1, -0.05) is 30.3 Å². The lowest BCUT2D eigenvalue weighted by molar-refractivity contribution is 0.0950. The number of unbranched alkanes of at least 4 members (excludes halogenated alkanes) is 1. The minimum absolute atomic E-state index is 0.165. The summed E-state index contributed by atoms with van der Waals surface area (Å²) in [4.78, 5) is 17.2. The van der Waals surface area contributed by atoms with E-state index >= 15 is 0 Å². The van der Waals surface area contributed by atoms with Gasteiger partial charge < -0.3 is 10.2 Å². The second-order valence-corrected chi connectivity index (χ2v) is 8.04. The number of piperazine rings is 1. The lowest BCUT2D eigenvalue weighted by atomic mass is 10.2. The van der Waals surface area contributed by atoms with Gasteiger partial charge in [-0.3, -0.25) is 9.69 Å². The van der Waals surface area contributed by atoms with Crippen molar-refractivity contribution in [3.8, 4) is 0 Å². The molecule has 0 atom stereocenters. The van der Waals surface area contributed by atoms with Crippen LogP contribution < -0.4 is 5.32 Å². The number of carbonyl (C=O) groups is 1. The fourth-order valence-corrected chi connectivity index (χ4v) is 3.97. The van der Waals surface area contributed by atoms with E-state index in [2.05, 4.69) is 61.4 Å². The highest BCUT2D eigenvalue weighted by Crippen LogP contribution is 2.17. The summed E-state index contributed by atoms with van der Waals surface area (Å²) in [5.74, 6) is -0.520. The van der Waals surface area contributed by atoms with Crippen molar-refractivity contribution in [3.05, 3.63) is 69.9 Å². The molecule has 0 bridgehead atoms. The summed E-state index contributed by atoms with van der Waals surface area (Å²) in [6.07, 6.45) is 2.00. The number of carbonyl (C=O) groups excluding carboxylic acids is 1. The third kappa shape index (κ3) is 6.40. The Hall–Kier alpha value is -1.76. The third-order valence-electron chi connectivity index (χ3n) is 5.08. The summed E-state index contributed by atoms with van der Waals surface area (Å²) in [7, 11) is 0. The SMILES string of the molecule is O=C(NCCCCN1CCN(Cc2ccccc2)CC1)c1ccc(F)cc1Br. The summed E-state index contributed by atoms with van der Waals surface area (Å²) >= 11 is 3.24. The topological polar surface area (TPSA) is 35.6 Å². The van der Waals surface area contributed by atoms with Crippen LogP contribution in [0.25, 0.3) is 0 Å². The average molecular weight is 448 g/mol. The van der Waals surface area contributed by atoms with E-state index < -0.39 is 0 Å². The molecule has 2 aromatic carbocycles. The Morgan fingerprint density at radius 2 is 1.71 bits per heavy atom. The molecule has 150 valence electrons. The van der Waals surface area contributed by atoms with Gasteiger partial charge >= 0.3 is 0 Å². The van der Waals surface area contributed by atoms with Crippen LogP contribution in [0.5, 0.6) is 0 Å². The first-order valence-corrected chi connectivity index (χ1v) is 10.6. The standard InChI is InChI=1S/C22H27BrFN3O/c23-21-16-19(24)8-9-20(21)22(28)25-10-4-5-11-26-12-14-27(15-13-26)17-18-6-2-1-3-7-18/h1-3,6-9,16H,4-5,10-15,17H2,(H,25,28). The highest BCUT2D eigenvalue weighted by Gasteiger charge is 2.16. The van der Waals surface area contributed by atoms with E-state index in [1.54, 1.807) is 0 Å². The molecule has 1 heterocycles. The minimum atomic E-state index is -0.354. The molecule has 0 aliphatic carbocycles. The molecular weight excluding hydrogens is 421 g/mol. The van der Waals surface area contributed by atoms with Crippen molar-refractivity contribution in [2.24, 2.45) is 0 Å². The molecule has 6 heteroatoms. The lowest BCUT2D eigenvalue weighted by Gasteiger charge is -2.34. The monoisotopic (exact) mass is 447 g/mol. The predicted molar refractivity (Wildman–Crippen MR) is 114 cm³/mol. The molecule has 1 amide bonds. The maximum atomic E-state index is 13.1. The van der Waals surface area contributed by atoms with Crippen LogP contribution >= 0.6 is 15.9 Å². The van der Waals surface area contributed by atoms with Gasteiger partial charge in [-0.05, 0) is 59.1 Å². The molecule has 4 nitrogen and oxygen atoms in total. The van der Waals surface area contributed by atoms with Crippen LogP contribution in [0.1, 0.15) is 28.8 Å². The van der Waals surface area contributed by atoms with Crippen LogP contribution in [0, 0.1) is 5.82 Å². The summed E-state index contributed by atoms with van der Waals surface area (Å²) in [5, 5.41) is 2.91. The second kappa shape index (κ2) is 10.7. The number of halogens is 2. The van der Waals surface area contributed by atoms with Crippen molar-refractivity contribution in [1.29, 1.82) is 0 Å². The number of nitrogens with zero attached hydrogens (tertiary/aromatic N) is 2. The quantitative estimate of drug-likeness (QED) is 0.622. The molecule has 1 fully saturated rings. The molecule has 1 aliphatic heterocycles. The molecule has 28 heavy (non-hydrogen) atoms. The Bertz CT molecular complexity index is 764. The Morgan fingerprint density at radius 1 is 1.00 bits per heavy atom. The van der Waals surface area contributed by atoms with Gasteiger partial charge in [0.2, 0.25) is 0 Å².